The van der Waals surface area contributed by atoms with E-state index in [2.05, 4.69) is 10.2 Å². The lowest BCUT2D eigenvalue weighted by atomic mass is 10.2. The van der Waals surface area contributed by atoms with Crippen LogP contribution in [0.2, 0.25) is 0 Å². The van der Waals surface area contributed by atoms with Crippen molar-refractivity contribution in [1.29, 1.82) is 0 Å². The van der Waals surface area contributed by atoms with E-state index in [1.54, 1.807) is 19.1 Å². The second kappa shape index (κ2) is 8.35. The zero-order chi connectivity index (χ0) is 18.4. The predicted molar refractivity (Wildman–Crippen MR) is 97.7 cm³/mol. The van der Waals surface area contributed by atoms with Crippen molar-refractivity contribution in [1.82, 2.24) is 10.2 Å². The standard InChI is InChI=1S/C19H16N2O4S/c1-13-20-21-19(25-13)26-17(18(22)23)11-15-9-5-6-10-16(15)24-12-14-7-3-2-4-8-14/h2-11H,12H2,1H3,(H,22,23)/b17-11-. The van der Waals surface area contributed by atoms with Crippen LogP contribution in [0, 0.1) is 6.92 Å². The molecule has 0 spiro atoms. The van der Waals surface area contributed by atoms with E-state index in [1.165, 1.54) is 6.08 Å². The van der Waals surface area contributed by atoms with Crippen LogP contribution in [0.4, 0.5) is 0 Å². The lowest BCUT2D eigenvalue weighted by Gasteiger charge is -2.10. The molecule has 0 unspecified atom stereocenters. The van der Waals surface area contributed by atoms with Crippen LogP contribution in [0.25, 0.3) is 6.08 Å². The number of carboxylic acid groups (broad SMARTS) is 1. The van der Waals surface area contributed by atoms with Gasteiger partial charge in [0.15, 0.2) is 0 Å². The number of carboxylic acids is 1. The zero-order valence-electron chi connectivity index (χ0n) is 14.0. The summed E-state index contributed by atoms with van der Waals surface area (Å²) in [4.78, 5) is 11.6. The van der Waals surface area contributed by atoms with Gasteiger partial charge < -0.3 is 14.3 Å². The van der Waals surface area contributed by atoms with Crippen LogP contribution in [0.5, 0.6) is 5.75 Å². The van der Waals surface area contributed by atoms with Crippen LogP contribution in [0.1, 0.15) is 17.0 Å². The lowest BCUT2D eigenvalue weighted by molar-refractivity contribution is -0.131. The molecule has 3 aromatic rings. The molecular formula is C19H16N2O4S. The van der Waals surface area contributed by atoms with Crippen LogP contribution in [-0.4, -0.2) is 21.3 Å². The molecule has 1 N–H and O–H groups in total. The Bertz CT molecular complexity index is 922. The Balaban J connectivity index is 1.82. The molecule has 132 valence electrons. The average Bonchev–Trinajstić information content (AvgIpc) is 3.06. The van der Waals surface area contributed by atoms with Gasteiger partial charge in [-0.15, -0.1) is 10.2 Å². The molecule has 0 bridgehead atoms. The van der Waals surface area contributed by atoms with E-state index >= 15 is 0 Å². The molecule has 3 rings (SSSR count). The van der Waals surface area contributed by atoms with E-state index < -0.39 is 5.97 Å². The fourth-order valence-corrected chi connectivity index (χ4v) is 2.86. The third-order valence-electron chi connectivity index (χ3n) is 3.36. The summed E-state index contributed by atoms with van der Waals surface area (Å²) in [5.74, 6) is -0.107. The summed E-state index contributed by atoms with van der Waals surface area (Å²) in [5, 5.41) is 17.2. The molecule has 0 amide bonds. The van der Waals surface area contributed by atoms with E-state index in [4.69, 9.17) is 9.15 Å². The van der Waals surface area contributed by atoms with E-state index in [1.807, 2.05) is 42.5 Å². The number of rotatable bonds is 7. The van der Waals surface area contributed by atoms with Gasteiger partial charge >= 0.3 is 5.97 Å². The number of hydrogen-bond donors (Lipinski definition) is 1. The van der Waals surface area contributed by atoms with Gasteiger partial charge in [-0.1, -0.05) is 48.5 Å². The topological polar surface area (TPSA) is 85.5 Å². The Hall–Kier alpha value is -3.06. The van der Waals surface area contributed by atoms with Gasteiger partial charge in [-0.2, -0.15) is 0 Å². The number of aliphatic carboxylic acids is 1. The van der Waals surface area contributed by atoms with Crippen LogP contribution in [0.3, 0.4) is 0 Å². The second-order valence-electron chi connectivity index (χ2n) is 5.31. The largest absolute Gasteiger partial charge is 0.488 e. The molecule has 2 aromatic carbocycles. The van der Waals surface area contributed by atoms with Gasteiger partial charge in [-0.05, 0) is 29.5 Å². The summed E-state index contributed by atoms with van der Waals surface area (Å²) in [5.41, 5.74) is 1.69. The Morgan fingerprint density at radius 3 is 2.58 bits per heavy atom. The maximum Gasteiger partial charge on any atom is 0.342 e. The van der Waals surface area contributed by atoms with Crippen molar-refractivity contribution in [2.45, 2.75) is 18.8 Å². The summed E-state index contributed by atoms with van der Waals surface area (Å²) >= 11 is 0.901. The Morgan fingerprint density at radius 1 is 1.15 bits per heavy atom. The Morgan fingerprint density at radius 2 is 1.88 bits per heavy atom. The number of ether oxygens (including phenoxy) is 1. The number of aromatic nitrogens is 2. The molecule has 0 atom stereocenters. The number of nitrogens with zero attached hydrogens (tertiary/aromatic N) is 2. The number of hydrogen-bond acceptors (Lipinski definition) is 6. The average molecular weight is 368 g/mol. The molecule has 0 aliphatic rings. The monoisotopic (exact) mass is 368 g/mol. The number of carbonyl (C=O) groups is 1. The minimum atomic E-state index is -1.08. The maximum atomic E-state index is 11.6. The zero-order valence-corrected chi connectivity index (χ0v) is 14.8. The molecule has 1 aromatic heterocycles. The lowest BCUT2D eigenvalue weighted by Crippen LogP contribution is -1.99. The molecular weight excluding hydrogens is 352 g/mol. The second-order valence-corrected chi connectivity index (χ2v) is 6.31. The number of benzene rings is 2. The first kappa shape index (κ1) is 17.8. The molecule has 0 aliphatic heterocycles. The normalized spacial score (nSPS) is 11.3. The summed E-state index contributed by atoms with van der Waals surface area (Å²) in [6, 6.07) is 17.0. The van der Waals surface area contributed by atoms with Gasteiger partial charge in [0, 0.05) is 12.5 Å². The number of thioether (sulfide) groups is 1. The summed E-state index contributed by atoms with van der Waals surface area (Å²) in [7, 11) is 0. The first-order chi connectivity index (χ1) is 12.6. The van der Waals surface area contributed by atoms with Crippen molar-refractivity contribution >= 4 is 23.8 Å². The van der Waals surface area contributed by atoms with E-state index in [0.29, 0.717) is 23.8 Å². The highest BCUT2D eigenvalue weighted by molar-refractivity contribution is 8.03. The fourth-order valence-electron chi connectivity index (χ4n) is 2.16. The highest BCUT2D eigenvalue weighted by Crippen LogP contribution is 2.30. The molecule has 0 saturated heterocycles. The van der Waals surface area contributed by atoms with Crippen molar-refractivity contribution in [2.75, 3.05) is 0 Å². The van der Waals surface area contributed by atoms with E-state index in [0.717, 1.165) is 17.3 Å². The molecule has 0 fully saturated rings. The summed E-state index contributed by atoms with van der Waals surface area (Å²) in [6.07, 6.45) is 1.53. The van der Waals surface area contributed by atoms with Crippen LogP contribution in [-0.2, 0) is 11.4 Å². The Kier molecular flexibility index (Phi) is 5.70. The molecule has 0 aliphatic carbocycles. The van der Waals surface area contributed by atoms with Gasteiger partial charge in [-0.3, -0.25) is 0 Å². The van der Waals surface area contributed by atoms with Crippen molar-refractivity contribution < 1.29 is 19.1 Å². The molecule has 0 radical (unpaired) electrons. The first-order valence-corrected chi connectivity index (χ1v) is 8.62. The van der Waals surface area contributed by atoms with Gasteiger partial charge in [0.2, 0.25) is 5.89 Å². The molecule has 7 heteroatoms. The van der Waals surface area contributed by atoms with Gasteiger partial charge in [0.1, 0.15) is 17.3 Å². The number of para-hydroxylation sites is 1. The minimum Gasteiger partial charge on any atom is -0.488 e. The quantitative estimate of drug-likeness (QED) is 0.495. The predicted octanol–water partition coefficient (Wildman–Crippen LogP) is 4.17. The van der Waals surface area contributed by atoms with Crippen LogP contribution < -0.4 is 4.74 Å². The van der Waals surface area contributed by atoms with Crippen LogP contribution in [0.15, 0.2) is 69.1 Å². The third-order valence-corrected chi connectivity index (χ3v) is 4.21. The summed E-state index contributed by atoms with van der Waals surface area (Å²) in [6.45, 7) is 2.04. The first-order valence-electron chi connectivity index (χ1n) is 7.80. The van der Waals surface area contributed by atoms with Gasteiger partial charge in [0.25, 0.3) is 5.22 Å². The van der Waals surface area contributed by atoms with Crippen molar-refractivity contribution in [3.63, 3.8) is 0 Å². The maximum absolute atomic E-state index is 11.6. The molecule has 26 heavy (non-hydrogen) atoms. The van der Waals surface area contributed by atoms with Crippen molar-refractivity contribution in [3.05, 3.63) is 76.5 Å². The smallest absolute Gasteiger partial charge is 0.342 e. The third kappa shape index (κ3) is 4.73. The summed E-state index contributed by atoms with van der Waals surface area (Å²) < 4.78 is 11.1. The van der Waals surface area contributed by atoms with Gasteiger partial charge in [0.05, 0.1) is 0 Å². The highest BCUT2D eigenvalue weighted by Gasteiger charge is 2.15. The van der Waals surface area contributed by atoms with Gasteiger partial charge in [-0.25, -0.2) is 4.79 Å². The molecule has 1 heterocycles. The molecule has 0 saturated carbocycles. The minimum absolute atomic E-state index is 0.0596. The van der Waals surface area contributed by atoms with Crippen molar-refractivity contribution in [2.24, 2.45) is 0 Å². The SMILES string of the molecule is Cc1nnc(S/C(=C\c2ccccc2OCc2ccccc2)C(=O)O)o1. The van der Waals surface area contributed by atoms with Crippen LogP contribution >= 0.6 is 11.8 Å². The Labute approximate surface area is 154 Å². The number of aryl methyl sites for hydroxylation is 1. The fraction of sp³-hybridized carbons (Fsp3) is 0.105. The molecule has 6 nitrogen and oxygen atoms in total. The van der Waals surface area contributed by atoms with E-state index in [-0.39, 0.29) is 10.1 Å². The van der Waals surface area contributed by atoms with Crippen molar-refractivity contribution in [3.8, 4) is 5.75 Å². The van der Waals surface area contributed by atoms with E-state index in [9.17, 15) is 9.90 Å². The highest BCUT2D eigenvalue weighted by atomic mass is 32.2.